The average molecular weight is 357 g/mol. The lowest BCUT2D eigenvalue weighted by Gasteiger charge is -2.23. The summed E-state index contributed by atoms with van der Waals surface area (Å²) in [5.74, 6) is 0.734. The number of amides is 3. The summed E-state index contributed by atoms with van der Waals surface area (Å²) in [6.07, 6.45) is 3.55. The van der Waals surface area contributed by atoms with Crippen LogP contribution in [0.5, 0.6) is 0 Å². The zero-order valence-electron chi connectivity index (χ0n) is 14.6. The van der Waals surface area contributed by atoms with E-state index in [1.54, 1.807) is 11.9 Å². The molecule has 136 valence electrons. The second-order valence-electron chi connectivity index (χ2n) is 6.42. The average Bonchev–Trinajstić information content (AvgIpc) is 3.09. The van der Waals surface area contributed by atoms with Crippen LogP contribution < -0.4 is 5.32 Å². The maximum atomic E-state index is 12.0. The summed E-state index contributed by atoms with van der Waals surface area (Å²) >= 11 is 1.92. The zero-order chi connectivity index (χ0) is 17.7. The van der Waals surface area contributed by atoms with Crippen LogP contribution in [-0.2, 0) is 14.3 Å². The highest BCUT2D eigenvalue weighted by Crippen LogP contribution is 2.36. The van der Waals surface area contributed by atoms with Crippen molar-refractivity contribution in [3.63, 3.8) is 0 Å². The Morgan fingerprint density at radius 2 is 2.12 bits per heavy atom. The van der Waals surface area contributed by atoms with Crippen molar-refractivity contribution in [1.29, 1.82) is 0 Å². The van der Waals surface area contributed by atoms with Crippen molar-refractivity contribution in [2.75, 3.05) is 33.5 Å². The van der Waals surface area contributed by atoms with Gasteiger partial charge in [-0.15, -0.1) is 0 Å². The highest BCUT2D eigenvalue weighted by Gasteiger charge is 2.46. The molecular formula is C16H27N3O4S. The lowest BCUT2D eigenvalue weighted by Crippen LogP contribution is -2.38. The number of nitrogens with zero attached hydrogens (tertiary/aromatic N) is 2. The first-order valence-electron chi connectivity index (χ1n) is 8.39. The molecular weight excluding hydrogens is 330 g/mol. The van der Waals surface area contributed by atoms with E-state index in [0.29, 0.717) is 18.2 Å². The number of ether oxygens (including phenoxy) is 1. The number of hydrogen-bond acceptors (Lipinski definition) is 5. The summed E-state index contributed by atoms with van der Waals surface area (Å²) in [7, 11) is 4.92. The third-order valence-corrected chi connectivity index (χ3v) is 6.29. The van der Waals surface area contributed by atoms with E-state index in [-0.39, 0.29) is 36.4 Å². The number of methoxy groups -OCH3 is 1. The van der Waals surface area contributed by atoms with Crippen LogP contribution in [0.15, 0.2) is 0 Å². The predicted molar refractivity (Wildman–Crippen MR) is 92.9 cm³/mol. The van der Waals surface area contributed by atoms with Crippen molar-refractivity contribution in [3.8, 4) is 0 Å². The van der Waals surface area contributed by atoms with E-state index in [0.717, 1.165) is 25.0 Å². The number of fused-ring (bicyclic) bond motifs is 1. The number of hydrogen-bond donors (Lipinski definition) is 1. The maximum absolute atomic E-state index is 12.0. The summed E-state index contributed by atoms with van der Waals surface area (Å²) in [5.41, 5.74) is 0. The SMILES string of the molecule is COC(=O)CCN(C)C(=O)CCCCC1SCC2NC(=O)N(C)C21. The maximum Gasteiger partial charge on any atom is 0.317 e. The summed E-state index contributed by atoms with van der Waals surface area (Å²) in [6, 6.07) is 0.572. The molecule has 2 aliphatic rings. The van der Waals surface area contributed by atoms with Gasteiger partial charge in [0.2, 0.25) is 5.91 Å². The molecule has 0 bridgehead atoms. The van der Waals surface area contributed by atoms with Crippen LogP contribution in [-0.4, -0.2) is 78.5 Å². The molecule has 24 heavy (non-hydrogen) atoms. The molecule has 1 N–H and O–H groups in total. The number of carbonyl (C=O) groups is 3. The van der Waals surface area contributed by atoms with Gasteiger partial charge in [0, 0.05) is 38.1 Å². The zero-order valence-corrected chi connectivity index (χ0v) is 15.4. The third-order valence-electron chi connectivity index (χ3n) is 4.79. The first-order chi connectivity index (χ1) is 11.4. The van der Waals surface area contributed by atoms with Crippen molar-refractivity contribution in [2.24, 2.45) is 0 Å². The summed E-state index contributed by atoms with van der Waals surface area (Å²) in [5, 5.41) is 3.46. The Morgan fingerprint density at radius 1 is 1.38 bits per heavy atom. The number of esters is 1. The van der Waals surface area contributed by atoms with Gasteiger partial charge < -0.3 is 19.9 Å². The van der Waals surface area contributed by atoms with E-state index in [1.165, 1.54) is 7.11 Å². The molecule has 3 atom stereocenters. The molecule has 3 unspecified atom stereocenters. The number of nitrogens with one attached hydrogen (secondary N) is 1. The van der Waals surface area contributed by atoms with Gasteiger partial charge in [-0.1, -0.05) is 6.42 Å². The number of urea groups is 1. The van der Waals surface area contributed by atoms with Crippen molar-refractivity contribution in [2.45, 2.75) is 49.4 Å². The van der Waals surface area contributed by atoms with E-state index in [9.17, 15) is 14.4 Å². The Hall–Kier alpha value is -1.44. The van der Waals surface area contributed by atoms with Gasteiger partial charge in [0.1, 0.15) is 0 Å². The Morgan fingerprint density at radius 3 is 2.83 bits per heavy atom. The van der Waals surface area contributed by atoms with E-state index in [4.69, 9.17) is 0 Å². The molecule has 2 rings (SSSR count). The quantitative estimate of drug-likeness (QED) is 0.399. The molecule has 0 spiro atoms. The molecule has 2 fully saturated rings. The van der Waals surface area contributed by atoms with Crippen molar-refractivity contribution in [1.82, 2.24) is 15.1 Å². The minimum Gasteiger partial charge on any atom is -0.469 e. The molecule has 0 aromatic heterocycles. The fourth-order valence-electron chi connectivity index (χ4n) is 3.28. The molecule has 3 amide bonds. The van der Waals surface area contributed by atoms with Gasteiger partial charge in [-0.3, -0.25) is 9.59 Å². The van der Waals surface area contributed by atoms with Crippen LogP contribution >= 0.6 is 11.8 Å². The highest BCUT2D eigenvalue weighted by atomic mass is 32.2. The first-order valence-corrected chi connectivity index (χ1v) is 9.44. The van der Waals surface area contributed by atoms with Crippen LogP contribution in [0.1, 0.15) is 32.1 Å². The molecule has 2 aliphatic heterocycles. The molecule has 2 saturated heterocycles. The monoisotopic (exact) mass is 357 g/mol. The lowest BCUT2D eigenvalue weighted by atomic mass is 10.0. The molecule has 2 heterocycles. The molecule has 8 heteroatoms. The normalized spacial score (nSPS) is 25.4. The Labute approximate surface area is 147 Å². The van der Waals surface area contributed by atoms with Crippen molar-refractivity contribution in [3.05, 3.63) is 0 Å². The molecule has 0 aliphatic carbocycles. The Bertz CT molecular complexity index is 488. The topological polar surface area (TPSA) is 79.0 Å². The van der Waals surface area contributed by atoms with E-state index < -0.39 is 0 Å². The Kier molecular flexibility index (Phi) is 6.77. The Balaban J connectivity index is 1.63. The van der Waals surface area contributed by atoms with Crippen LogP contribution in [0.3, 0.4) is 0 Å². The number of carbonyl (C=O) groups excluding carboxylic acids is 3. The fraction of sp³-hybridized carbons (Fsp3) is 0.812. The highest BCUT2D eigenvalue weighted by molar-refractivity contribution is 8.00. The standard InChI is InChI=1S/C16H27N3O4S/c1-18(9-8-14(21)23-3)13(20)7-5-4-6-12-15-11(10-24-12)17-16(22)19(15)2/h11-12,15H,4-10H2,1-3H3,(H,17,22). The van der Waals surface area contributed by atoms with Gasteiger partial charge in [0.15, 0.2) is 0 Å². The number of thioether (sulfide) groups is 1. The molecule has 0 saturated carbocycles. The van der Waals surface area contributed by atoms with Gasteiger partial charge in [-0.05, 0) is 12.8 Å². The fourth-order valence-corrected chi connectivity index (χ4v) is 4.92. The number of rotatable bonds is 8. The van der Waals surface area contributed by atoms with E-state index >= 15 is 0 Å². The van der Waals surface area contributed by atoms with Gasteiger partial charge >= 0.3 is 12.0 Å². The van der Waals surface area contributed by atoms with Gasteiger partial charge in [0.05, 0.1) is 25.6 Å². The smallest absolute Gasteiger partial charge is 0.317 e. The molecule has 0 aromatic rings. The van der Waals surface area contributed by atoms with Gasteiger partial charge in [0.25, 0.3) is 0 Å². The largest absolute Gasteiger partial charge is 0.469 e. The van der Waals surface area contributed by atoms with Gasteiger partial charge in [-0.25, -0.2) is 4.79 Å². The first kappa shape index (κ1) is 18.9. The van der Waals surface area contributed by atoms with Crippen LogP contribution in [0.4, 0.5) is 4.79 Å². The molecule has 0 radical (unpaired) electrons. The van der Waals surface area contributed by atoms with Gasteiger partial charge in [-0.2, -0.15) is 11.8 Å². The van der Waals surface area contributed by atoms with E-state index in [1.807, 2.05) is 23.7 Å². The van der Waals surface area contributed by atoms with Crippen LogP contribution in [0.2, 0.25) is 0 Å². The van der Waals surface area contributed by atoms with E-state index in [2.05, 4.69) is 10.1 Å². The predicted octanol–water partition coefficient (Wildman–Crippen LogP) is 1.08. The second-order valence-corrected chi connectivity index (χ2v) is 7.69. The minimum atomic E-state index is -0.300. The van der Waals surface area contributed by atoms with Crippen molar-refractivity contribution < 1.29 is 19.1 Å². The number of unbranched alkanes of at least 4 members (excludes halogenated alkanes) is 1. The number of likely N-dealkylation sites (N-methyl/N-ethyl adjacent to an activating group) is 1. The van der Waals surface area contributed by atoms with Crippen LogP contribution in [0, 0.1) is 0 Å². The summed E-state index contributed by atoms with van der Waals surface area (Å²) in [6.45, 7) is 0.395. The second kappa shape index (κ2) is 8.60. The molecule has 0 aromatic carbocycles. The van der Waals surface area contributed by atoms with Crippen molar-refractivity contribution >= 4 is 29.7 Å². The third kappa shape index (κ3) is 4.55. The lowest BCUT2D eigenvalue weighted by molar-refractivity contribution is -0.141. The molecule has 7 nitrogen and oxygen atoms in total. The summed E-state index contributed by atoms with van der Waals surface area (Å²) < 4.78 is 4.57. The minimum absolute atomic E-state index is 0.0257. The van der Waals surface area contributed by atoms with Crippen LogP contribution in [0.25, 0.3) is 0 Å². The summed E-state index contributed by atoms with van der Waals surface area (Å²) in [4.78, 5) is 38.2.